The van der Waals surface area contributed by atoms with Crippen molar-refractivity contribution in [3.8, 4) is 0 Å². The second-order valence-electron chi connectivity index (χ2n) is 3.38. The number of alkyl halides is 1. The third-order valence-electron chi connectivity index (χ3n) is 2.51. The molecule has 0 spiro atoms. The first-order valence-corrected chi connectivity index (χ1v) is 5.88. The van der Waals surface area contributed by atoms with Crippen molar-refractivity contribution in [3.63, 3.8) is 0 Å². The molecule has 1 amide bonds. The van der Waals surface area contributed by atoms with Crippen molar-refractivity contribution in [1.82, 2.24) is 4.90 Å². The minimum atomic E-state index is 0.181. The van der Waals surface area contributed by atoms with Gasteiger partial charge in [0, 0.05) is 19.2 Å². The Kier molecular flexibility index (Phi) is 4.73. The van der Waals surface area contributed by atoms with Crippen LogP contribution in [0.15, 0.2) is 0 Å². The van der Waals surface area contributed by atoms with E-state index in [1.165, 1.54) is 0 Å². The van der Waals surface area contributed by atoms with E-state index in [1.54, 1.807) is 0 Å². The maximum atomic E-state index is 11.4. The van der Waals surface area contributed by atoms with Gasteiger partial charge in [-0.1, -0.05) is 15.9 Å². The summed E-state index contributed by atoms with van der Waals surface area (Å²) < 4.78 is 0. The van der Waals surface area contributed by atoms with Crippen LogP contribution < -0.4 is 0 Å². The van der Waals surface area contributed by atoms with E-state index in [0.29, 0.717) is 11.4 Å². The Bertz CT molecular complexity index is 175. The van der Waals surface area contributed by atoms with E-state index in [9.17, 15) is 4.79 Å². The van der Waals surface area contributed by atoms with Crippen LogP contribution >= 0.6 is 15.9 Å². The summed E-state index contributed by atoms with van der Waals surface area (Å²) in [5.41, 5.74) is 0. The number of carbonyl (C=O) groups excluding carboxylic acids is 1. The minimum Gasteiger partial charge on any atom is -0.396 e. The summed E-state index contributed by atoms with van der Waals surface area (Å²) in [6, 6.07) is 0.372. The molecule has 1 heterocycles. The smallest absolute Gasteiger partial charge is 0.233 e. The third kappa shape index (κ3) is 2.95. The SMILES string of the molecule is O=C(CBr)N1CCCC1CCCO. The highest BCUT2D eigenvalue weighted by atomic mass is 79.9. The lowest BCUT2D eigenvalue weighted by Gasteiger charge is -2.23. The first-order valence-electron chi connectivity index (χ1n) is 4.76. The number of halogens is 1. The van der Waals surface area contributed by atoms with Gasteiger partial charge in [0.25, 0.3) is 0 Å². The number of likely N-dealkylation sites (tertiary alicyclic amines) is 1. The number of rotatable bonds is 4. The molecule has 0 radical (unpaired) electrons. The fourth-order valence-electron chi connectivity index (χ4n) is 1.87. The zero-order valence-electron chi connectivity index (χ0n) is 7.71. The van der Waals surface area contributed by atoms with Crippen LogP contribution in [0.25, 0.3) is 0 Å². The lowest BCUT2D eigenvalue weighted by molar-refractivity contribution is -0.129. The summed E-state index contributed by atoms with van der Waals surface area (Å²) in [4.78, 5) is 13.3. The molecule has 0 saturated carbocycles. The van der Waals surface area contributed by atoms with E-state index in [4.69, 9.17) is 5.11 Å². The number of hydrogen-bond donors (Lipinski definition) is 1. The van der Waals surface area contributed by atoms with Gasteiger partial charge < -0.3 is 10.0 Å². The highest BCUT2D eigenvalue weighted by Gasteiger charge is 2.26. The predicted molar refractivity (Wildman–Crippen MR) is 54.8 cm³/mol. The molecular weight excluding hydrogens is 234 g/mol. The molecule has 1 fully saturated rings. The maximum Gasteiger partial charge on any atom is 0.233 e. The quantitative estimate of drug-likeness (QED) is 0.760. The maximum absolute atomic E-state index is 11.4. The van der Waals surface area contributed by atoms with Crippen LogP contribution in [0.4, 0.5) is 0 Å². The Morgan fingerprint density at radius 2 is 2.38 bits per heavy atom. The van der Waals surface area contributed by atoms with E-state index >= 15 is 0 Å². The number of hydrogen-bond acceptors (Lipinski definition) is 2. The molecule has 1 N–H and O–H groups in total. The molecule has 13 heavy (non-hydrogen) atoms. The average molecular weight is 250 g/mol. The Morgan fingerprint density at radius 1 is 1.62 bits per heavy atom. The van der Waals surface area contributed by atoms with Gasteiger partial charge in [-0.15, -0.1) is 0 Å². The highest BCUT2D eigenvalue weighted by molar-refractivity contribution is 9.09. The zero-order valence-corrected chi connectivity index (χ0v) is 9.29. The number of amides is 1. The monoisotopic (exact) mass is 249 g/mol. The molecule has 0 aromatic carbocycles. The zero-order chi connectivity index (χ0) is 9.68. The van der Waals surface area contributed by atoms with Gasteiger partial charge in [0.15, 0.2) is 0 Å². The van der Waals surface area contributed by atoms with Gasteiger partial charge in [0.05, 0.1) is 5.33 Å². The molecule has 76 valence electrons. The van der Waals surface area contributed by atoms with Crippen molar-refractivity contribution in [2.75, 3.05) is 18.5 Å². The Hall–Kier alpha value is -0.0900. The number of aliphatic hydroxyl groups excluding tert-OH is 1. The van der Waals surface area contributed by atoms with Crippen molar-refractivity contribution in [1.29, 1.82) is 0 Å². The molecule has 3 nitrogen and oxygen atoms in total. The van der Waals surface area contributed by atoms with Crippen LogP contribution in [0.2, 0.25) is 0 Å². The van der Waals surface area contributed by atoms with Gasteiger partial charge in [-0.25, -0.2) is 0 Å². The van der Waals surface area contributed by atoms with Gasteiger partial charge in [-0.05, 0) is 25.7 Å². The van der Waals surface area contributed by atoms with Gasteiger partial charge in [0.2, 0.25) is 5.91 Å². The van der Waals surface area contributed by atoms with Crippen LogP contribution in [0.5, 0.6) is 0 Å². The lowest BCUT2D eigenvalue weighted by Crippen LogP contribution is -2.36. The molecule has 1 aliphatic heterocycles. The van der Waals surface area contributed by atoms with Gasteiger partial charge in [-0.3, -0.25) is 4.79 Å². The molecule has 1 unspecified atom stereocenters. The summed E-state index contributed by atoms with van der Waals surface area (Å²) in [5.74, 6) is 0.181. The van der Waals surface area contributed by atoms with Crippen LogP contribution in [0.3, 0.4) is 0 Å². The fourth-order valence-corrected chi connectivity index (χ4v) is 2.19. The summed E-state index contributed by atoms with van der Waals surface area (Å²) in [5, 5.41) is 9.12. The Labute approximate surface area is 87.2 Å². The van der Waals surface area contributed by atoms with E-state index in [0.717, 1.165) is 32.2 Å². The molecule has 0 aliphatic carbocycles. The molecule has 1 rings (SSSR count). The average Bonchev–Trinajstić information content (AvgIpc) is 2.61. The molecule has 1 aliphatic rings. The molecule has 0 bridgehead atoms. The topological polar surface area (TPSA) is 40.5 Å². The van der Waals surface area contributed by atoms with E-state index in [2.05, 4.69) is 15.9 Å². The third-order valence-corrected chi connectivity index (χ3v) is 2.99. The number of nitrogens with zero attached hydrogens (tertiary/aromatic N) is 1. The molecule has 1 atom stereocenters. The first kappa shape index (κ1) is 11.0. The molecule has 0 aromatic rings. The minimum absolute atomic E-state index is 0.181. The Balaban J connectivity index is 2.39. The number of aliphatic hydroxyl groups is 1. The lowest BCUT2D eigenvalue weighted by atomic mass is 10.1. The largest absolute Gasteiger partial charge is 0.396 e. The van der Waals surface area contributed by atoms with Crippen LogP contribution in [-0.4, -0.2) is 40.4 Å². The van der Waals surface area contributed by atoms with Crippen molar-refractivity contribution in [2.45, 2.75) is 31.7 Å². The summed E-state index contributed by atoms with van der Waals surface area (Å²) in [6.45, 7) is 1.12. The second-order valence-corrected chi connectivity index (χ2v) is 3.94. The Morgan fingerprint density at radius 3 is 3.00 bits per heavy atom. The predicted octanol–water partition coefficient (Wildman–Crippen LogP) is 1.14. The van der Waals surface area contributed by atoms with Gasteiger partial charge in [-0.2, -0.15) is 0 Å². The number of carbonyl (C=O) groups is 1. The van der Waals surface area contributed by atoms with Gasteiger partial charge in [0.1, 0.15) is 0 Å². The van der Waals surface area contributed by atoms with Crippen molar-refractivity contribution in [3.05, 3.63) is 0 Å². The first-order chi connectivity index (χ1) is 6.29. The second kappa shape index (κ2) is 5.60. The van der Waals surface area contributed by atoms with Crippen LogP contribution in [0, 0.1) is 0 Å². The van der Waals surface area contributed by atoms with Crippen molar-refractivity contribution >= 4 is 21.8 Å². The van der Waals surface area contributed by atoms with Crippen molar-refractivity contribution in [2.24, 2.45) is 0 Å². The van der Waals surface area contributed by atoms with Crippen LogP contribution in [-0.2, 0) is 4.79 Å². The summed E-state index contributed by atoms with van der Waals surface area (Å²) in [7, 11) is 0. The van der Waals surface area contributed by atoms with E-state index < -0.39 is 0 Å². The highest BCUT2D eigenvalue weighted by Crippen LogP contribution is 2.21. The fraction of sp³-hybridized carbons (Fsp3) is 0.889. The molecule has 1 saturated heterocycles. The molecule has 0 aromatic heterocycles. The summed E-state index contributed by atoms with van der Waals surface area (Å²) in [6.07, 6.45) is 3.94. The molecule has 4 heteroatoms. The van der Waals surface area contributed by atoms with Crippen LogP contribution in [0.1, 0.15) is 25.7 Å². The standard InChI is InChI=1S/C9H16BrNO2/c10-7-9(13)11-5-1-3-8(11)4-2-6-12/h8,12H,1-7H2. The van der Waals surface area contributed by atoms with Gasteiger partial charge >= 0.3 is 0 Å². The van der Waals surface area contributed by atoms with E-state index in [1.807, 2.05) is 4.90 Å². The normalized spacial score (nSPS) is 22.3. The summed E-state index contributed by atoms with van der Waals surface area (Å²) >= 11 is 3.18. The van der Waals surface area contributed by atoms with Crippen molar-refractivity contribution < 1.29 is 9.90 Å². The molecular formula is C9H16BrNO2. The van der Waals surface area contributed by atoms with E-state index in [-0.39, 0.29) is 12.5 Å².